The van der Waals surface area contributed by atoms with Gasteiger partial charge >= 0.3 is 12.2 Å². The predicted octanol–water partition coefficient (Wildman–Crippen LogP) is 6.05. The number of rotatable bonds is 6. The number of carbonyl (C=O) groups is 2. The molecular weight excluding hydrogens is 496 g/mol. The highest BCUT2D eigenvalue weighted by atomic mass is 35.5. The maximum absolute atomic E-state index is 12.6. The Morgan fingerprint density at radius 1 is 1.03 bits per heavy atom. The number of nitrogens with zero attached hydrogens (tertiary/aromatic N) is 3. The Labute approximate surface area is 221 Å². The molecule has 1 N–H and O–H groups in total. The van der Waals surface area contributed by atoms with Crippen molar-refractivity contribution in [2.75, 3.05) is 18.4 Å². The van der Waals surface area contributed by atoms with Crippen LogP contribution in [0.4, 0.5) is 15.4 Å². The number of ether oxygens (including phenoxy) is 3. The molecule has 2 aromatic carbocycles. The average Bonchev–Trinajstić information content (AvgIpc) is 3.18. The smallest absolute Gasteiger partial charge is 0.418 e. The molecule has 196 valence electrons. The van der Waals surface area contributed by atoms with E-state index in [1.165, 1.54) is 0 Å². The highest BCUT2D eigenvalue weighted by Gasteiger charge is 2.28. The number of anilines is 1. The van der Waals surface area contributed by atoms with Crippen molar-refractivity contribution in [1.29, 1.82) is 0 Å². The van der Waals surface area contributed by atoms with Crippen LogP contribution in [0, 0.1) is 0 Å². The summed E-state index contributed by atoms with van der Waals surface area (Å²) in [5.41, 5.74) is 0.671. The molecule has 4 rings (SSSR count). The van der Waals surface area contributed by atoms with Crippen molar-refractivity contribution in [2.24, 2.45) is 0 Å². The lowest BCUT2D eigenvalue weighted by atomic mass is 10.1. The first-order chi connectivity index (χ1) is 17.7. The second-order valence-electron chi connectivity index (χ2n) is 9.66. The summed E-state index contributed by atoms with van der Waals surface area (Å²) >= 11 is 6.67. The number of amides is 2. The van der Waals surface area contributed by atoms with Crippen LogP contribution in [0.3, 0.4) is 0 Å². The van der Waals surface area contributed by atoms with Crippen molar-refractivity contribution in [3.05, 3.63) is 71.4 Å². The third-order valence-electron chi connectivity index (χ3n) is 5.62. The molecule has 0 spiro atoms. The Kier molecular flexibility index (Phi) is 8.35. The van der Waals surface area contributed by atoms with E-state index in [0.29, 0.717) is 37.4 Å². The molecule has 0 bridgehead atoms. The zero-order chi connectivity index (χ0) is 26.4. The Balaban J connectivity index is 1.42. The quantitative estimate of drug-likeness (QED) is 0.420. The monoisotopic (exact) mass is 526 g/mol. The molecule has 1 aromatic heterocycles. The van der Waals surface area contributed by atoms with Crippen molar-refractivity contribution >= 4 is 29.6 Å². The Morgan fingerprint density at radius 2 is 1.65 bits per heavy atom. The molecule has 1 fully saturated rings. The van der Waals surface area contributed by atoms with Crippen LogP contribution >= 0.6 is 11.6 Å². The highest BCUT2D eigenvalue weighted by Crippen LogP contribution is 2.30. The summed E-state index contributed by atoms with van der Waals surface area (Å²) in [4.78, 5) is 26.6. The van der Waals surface area contributed by atoms with Gasteiger partial charge in [-0.25, -0.2) is 14.3 Å². The molecule has 1 saturated heterocycles. The molecule has 2 amide bonds. The first-order valence-electron chi connectivity index (χ1n) is 12.2. The normalized spacial score (nSPS) is 14.3. The third-order valence-corrected chi connectivity index (χ3v) is 6.02. The molecule has 1 aliphatic heterocycles. The molecule has 0 saturated carbocycles. The van der Waals surface area contributed by atoms with E-state index in [-0.39, 0.29) is 29.6 Å². The second-order valence-corrected chi connectivity index (χ2v) is 10.0. The Bertz CT molecular complexity index is 1200. The van der Waals surface area contributed by atoms with Crippen LogP contribution in [0.25, 0.3) is 5.69 Å². The molecule has 9 nitrogen and oxygen atoms in total. The summed E-state index contributed by atoms with van der Waals surface area (Å²) in [5.74, 6) is 0.690. The van der Waals surface area contributed by atoms with E-state index in [1.54, 1.807) is 33.8 Å². The van der Waals surface area contributed by atoms with E-state index in [2.05, 4.69) is 10.4 Å². The van der Waals surface area contributed by atoms with Crippen LogP contribution < -0.4 is 10.1 Å². The number of hydrogen-bond acceptors (Lipinski definition) is 6. The van der Waals surface area contributed by atoms with E-state index < -0.39 is 11.7 Å². The Hall–Kier alpha value is -3.56. The molecule has 0 unspecified atom stereocenters. The van der Waals surface area contributed by atoms with Gasteiger partial charge in [0.15, 0.2) is 5.82 Å². The second kappa shape index (κ2) is 11.7. The molecule has 0 aliphatic carbocycles. The number of likely N-dealkylation sites (tertiary alicyclic amines) is 1. The average molecular weight is 527 g/mol. The summed E-state index contributed by atoms with van der Waals surface area (Å²) in [6, 6.07) is 18.1. The van der Waals surface area contributed by atoms with Gasteiger partial charge < -0.3 is 19.1 Å². The summed E-state index contributed by atoms with van der Waals surface area (Å²) in [7, 11) is 0. The van der Waals surface area contributed by atoms with Gasteiger partial charge in [-0.3, -0.25) is 5.32 Å². The van der Waals surface area contributed by atoms with Crippen molar-refractivity contribution in [3.63, 3.8) is 0 Å². The van der Waals surface area contributed by atoms with Crippen molar-refractivity contribution in [2.45, 2.75) is 51.9 Å². The number of piperidine rings is 1. The lowest BCUT2D eigenvalue weighted by Crippen LogP contribution is -2.43. The number of nitrogens with one attached hydrogen (secondary N) is 1. The number of carbonyl (C=O) groups excluding carboxylic acids is 2. The fourth-order valence-electron chi connectivity index (χ4n) is 3.85. The fraction of sp³-hybridized carbons (Fsp3) is 0.370. The molecular formula is C27H31ClN4O5. The minimum absolute atomic E-state index is 0.0592. The van der Waals surface area contributed by atoms with Crippen molar-refractivity contribution < 1.29 is 23.8 Å². The van der Waals surface area contributed by atoms with Gasteiger partial charge in [-0.05, 0) is 57.9 Å². The molecule has 10 heteroatoms. The maximum atomic E-state index is 12.6. The molecule has 0 radical (unpaired) electrons. The van der Waals surface area contributed by atoms with Gasteiger partial charge in [0, 0.05) is 13.1 Å². The SMILES string of the molecule is CC(C)(C)OC(=O)N1CCC(OCc2nn(-c3ccccc3)c(NC(=O)Oc3ccccc3)c2Cl)CC1. The zero-order valence-electron chi connectivity index (χ0n) is 21.1. The fourth-order valence-corrected chi connectivity index (χ4v) is 4.07. The first-order valence-corrected chi connectivity index (χ1v) is 12.5. The van der Waals surface area contributed by atoms with Crippen LogP contribution in [0.15, 0.2) is 60.7 Å². The van der Waals surface area contributed by atoms with Crippen LogP contribution in [0.2, 0.25) is 5.02 Å². The van der Waals surface area contributed by atoms with Crippen LogP contribution in [-0.2, 0) is 16.1 Å². The van der Waals surface area contributed by atoms with Crippen LogP contribution in [0.5, 0.6) is 5.75 Å². The van der Waals surface area contributed by atoms with Crippen LogP contribution in [0.1, 0.15) is 39.3 Å². The number of hydrogen-bond donors (Lipinski definition) is 1. The largest absolute Gasteiger partial charge is 0.444 e. The molecule has 1 aliphatic rings. The van der Waals surface area contributed by atoms with E-state index in [4.69, 9.17) is 25.8 Å². The molecule has 0 atom stereocenters. The van der Waals surface area contributed by atoms with E-state index in [1.807, 2.05) is 57.2 Å². The van der Waals surface area contributed by atoms with Crippen molar-refractivity contribution in [3.8, 4) is 11.4 Å². The number of aromatic nitrogens is 2. The Morgan fingerprint density at radius 3 is 2.27 bits per heavy atom. The van der Waals surface area contributed by atoms with Gasteiger partial charge in [0.25, 0.3) is 0 Å². The minimum atomic E-state index is -0.688. The summed E-state index contributed by atoms with van der Waals surface area (Å²) < 4.78 is 18.5. The van der Waals surface area contributed by atoms with Gasteiger partial charge in [0.2, 0.25) is 0 Å². The number of para-hydroxylation sites is 2. The van der Waals surface area contributed by atoms with Crippen molar-refractivity contribution in [1.82, 2.24) is 14.7 Å². The van der Waals surface area contributed by atoms with E-state index in [9.17, 15) is 9.59 Å². The maximum Gasteiger partial charge on any atom is 0.418 e. The van der Waals surface area contributed by atoms with Gasteiger partial charge in [-0.1, -0.05) is 48.0 Å². The minimum Gasteiger partial charge on any atom is -0.444 e. The van der Waals surface area contributed by atoms with Crippen LogP contribution in [-0.4, -0.2) is 51.7 Å². The van der Waals surface area contributed by atoms with E-state index >= 15 is 0 Å². The summed E-state index contributed by atoms with van der Waals surface area (Å²) in [5, 5.41) is 7.59. The topological polar surface area (TPSA) is 94.9 Å². The lowest BCUT2D eigenvalue weighted by molar-refractivity contribution is -0.0178. The lowest BCUT2D eigenvalue weighted by Gasteiger charge is -2.33. The predicted molar refractivity (Wildman–Crippen MR) is 140 cm³/mol. The van der Waals surface area contributed by atoms with Gasteiger partial charge in [-0.2, -0.15) is 5.10 Å². The van der Waals surface area contributed by atoms with Gasteiger partial charge in [0.05, 0.1) is 18.4 Å². The summed E-state index contributed by atoms with van der Waals surface area (Å²) in [6.07, 6.45) is 0.284. The standard InChI is InChI=1S/C27H31ClN4O5/c1-27(2,3)37-26(34)31-16-14-20(15-17-31)35-18-22-23(28)24(32(30-22)19-10-6-4-7-11-19)29-25(33)36-21-12-8-5-9-13-21/h4-13,20H,14-18H2,1-3H3,(H,29,33). The summed E-state index contributed by atoms with van der Waals surface area (Å²) in [6.45, 7) is 6.79. The molecule has 2 heterocycles. The number of benzene rings is 2. The number of halogens is 1. The highest BCUT2D eigenvalue weighted by molar-refractivity contribution is 6.34. The molecule has 3 aromatic rings. The zero-order valence-corrected chi connectivity index (χ0v) is 21.9. The molecule has 37 heavy (non-hydrogen) atoms. The van der Waals surface area contributed by atoms with E-state index in [0.717, 1.165) is 5.69 Å². The van der Waals surface area contributed by atoms with Gasteiger partial charge in [-0.15, -0.1) is 0 Å². The first kappa shape index (κ1) is 26.5. The third kappa shape index (κ3) is 7.24. The van der Waals surface area contributed by atoms with Gasteiger partial charge in [0.1, 0.15) is 22.1 Å².